The summed E-state index contributed by atoms with van der Waals surface area (Å²) >= 11 is 3.24. The van der Waals surface area contributed by atoms with Gasteiger partial charge in [-0.1, -0.05) is 0 Å². The first-order chi connectivity index (χ1) is 7.00. The van der Waals surface area contributed by atoms with E-state index >= 15 is 0 Å². The van der Waals surface area contributed by atoms with Crippen molar-refractivity contribution in [2.75, 3.05) is 0 Å². The van der Waals surface area contributed by atoms with Gasteiger partial charge in [-0.2, -0.15) is 0 Å². The van der Waals surface area contributed by atoms with E-state index in [0.29, 0.717) is 10.1 Å². The molecule has 0 saturated carbocycles. The predicted octanol–water partition coefficient (Wildman–Crippen LogP) is 3.51. The van der Waals surface area contributed by atoms with Crippen molar-refractivity contribution >= 4 is 32.9 Å². The van der Waals surface area contributed by atoms with E-state index in [1.165, 1.54) is 0 Å². The van der Waals surface area contributed by atoms with Gasteiger partial charge in [0.1, 0.15) is 11.3 Å². The van der Waals surface area contributed by atoms with Crippen LogP contribution in [0.3, 0.4) is 0 Å². The summed E-state index contributed by atoms with van der Waals surface area (Å²) in [5.41, 5.74) is 1.88. The van der Waals surface area contributed by atoms with Crippen molar-refractivity contribution in [1.29, 1.82) is 0 Å². The number of hydrogen-bond donors (Lipinski definition) is 1. The Morgan fingerprint density at radius 2 is 2.07 bits per heavy atom. The molecule has 3 nitrogen and oxygen atoms in total. The minimum absolute atomic E-state index is 0.219. The number of aromatic carboxylic acids is 1. The Morgan fingerprint density at radius 3 is 2.67 bits per heavy atom. The van der Waals surface area contributed by atoms with Gasteiger partial charge >= 0.3 is 5.97 Å². The normalized spacial score (nSPS) is 10.9. The molecule has 2 aromatic rings. The molecule has 0 atom stereocenters. The van der Waals surface area contributed by atoms with Crippen LogP contribution in [-0.4, -0.2) is 11.1 Å². The summed E-state index contributed by atoms with van der Waals surface area (Å²) in [6, 6.07) is 3.33. The number of hydrogen-bond acceptors (Lipinski definition) is 2. The molecule has 0 saturated heterocycles. The van der Waals surface area contributed by atoms with Crippen LogP contribution in [0.4, 0.5) is 0 Å². The van der Waals surface area contributed by atoms with Gasteiger partial charge in [-0.15, -0.1) is 0 Å². The van der Waals surface area contributed by atoms with Gasteiger partial charge in [0.25, 0.3) is 0 Å². The van der Waals surface area contributed by atoms with E-state index in [4.69, 9.17) is 9.52 Å². The van der Waals surface area contributed by atoms with Gasteiger partial charge in [0.15, 0.2) is 0 Å². The van der Waals surface area contributed by atoms with Crippen molar-refractivity contribution in [3.8, 4) is 0 Å². The van der Waals surface area contributed by atoms with Crippen LogP contribution in [0.2, 0.25) is 0 Å². The maximum Gasteiger partial charge on any atom is 0.336 e. The first kappa shape index (κ1) is 10.2. The molecule has 0 radical (unpaired) electrons. The largest absolute Gasteiger partial charge is 0.478 e. The second-order valence-corrected chi connectivity index (χ2v) is 4.27. The van der Waals surface area contributed by atoms with Crippen LogP contribution in [0.25, 0.3) is 11.0 Å². The van der Waals surface area contributed by atoms with Crippen LogP contribution in [0.15, 0.2) is 21.0 Å². The highest BCUT2D eigenvalue weighted by atomic mass is 79.9. The van der Waals surface area contributed by atoms with Gasteiger partial charge in [-0.25, -0.2) is 4.79 Å². The molecule has 0 aliphatic rings. The van der Waals surface area contributed by atoms with Crippen molar-refractivity contribution in [1.82, 2.24) is 0 Å². The van der Waals surface area contributed by atoms with E-state index in [-0.39, 0.29) is 5.56 Å². The minimum atomic E-state index is -0.963. The van der Waals surface area contributed by atoms with Crippen LogP contribution < -0.4 is 0 Å². The number of fused-ring (bicyclic) bond motifs is 1. The lowest BCUT2D eigenvalue weighted by Crippen LogP contribution is -1.96. The van der Waals surface area contributed by atoms with Crippen molar-refractivity contribution in [2.24, 2.45) is 0 Å². The van der Waals surface area contributed by atoms with E-state index < -0.39 is 5.97 Å². The Hall–Kier alpha value is -1.29. The van der Waals surface area contributed by atoms with Crippen LogP contribution >= 0.6 is 15.9 Å². The summed E-state index contributed by atoms with van der Waals surface area (Å²) in [6.45, 7) is 3.82. The second kappa shape index (κ2) is 3.38. The molecule has 0 unspecified atom stereocenters. The molecule has 1 aromatic heterocycles. The summed E-state index contributed by atoms with van der Waals surface area (Å²) in [5, 5.41) is 9.88. The molecule has 0 aliphatic heterocycles. The van der Waals surface area contributed by atoms with Crippen LogP contribution in [-0.2, 0) is 0 Å². The number of benzene rings is 1. The highest BCUT2D eigenvalue weighted by Gasteiger charge is 2.14. The predicted molar refractivity (Wildman–Crippen MR) is 60.3 cm³/mol. The molecule has 0 amide bonds. The zero-order valence-electron chi connectivity index (χ0n) is 8.30. The van der Waals surface area contributed by atoms with E-state index in [9.17, 15) is 4.79 Å². The van der Waals surface area contributed by atoms with Crippen LogP contribution in [0, 0.1) is 13.8 Å². The standard InChI is InChI=1S/C11H9BrO3/c1-5-6(2)15-10-4-8(11(13)14)9(12)3-7(5)10/h3-4H,1-2H3,(H,13,14). The summed E-state index contributed by atoms with van der Waals surface area (Å²) in [6.07, 6.45) is 0. The maximum absolute atomic E-state index is 10.9. The number of aryl methyl sites for hydroxylation is 2. The Kier molecular flexibility index (Phi) is 2.31. The third kappa shape index (κ3) is 1.55. The van der Waals surface area contributed by atoms with E-state index in [0.717, 1.165) is 16.7 Å². The summed E-state index contributed by atoms with van der Waals surface area (Å²) in [5.74, 6) is -0.144. The topological polar surface area (TPSA) is 50.4 Å². The third-order valence-electron chi connectivity index (χ3n) is 2.49. The molecule has 2 rings (SSSR count). The third-order valence-corrected chi connectivity index (χ3v) is 3.15. The second-order valence-electron chi connectivity index (χ2n) is 3.42. The Balaban J connectivity index is 2.82. The lowest BCUT2D eigenvalue weighted by Gasteiger charge is -1.98. The summed E-state index contributed by atoms with van der Waals surface area (Å²) in [4.78, 5) is 10.9. The number of halogens is 1. The first-order valence-corrected chi connectivity index (χ1v) is 5.22. The quantitative estimate of drug-likeness (QED) is 0.861. The van der Waals surface area contributed by atoms with E-state index in [2.05, 4.69) is 15.9 Å². The fraction of sp³-hybridized carbons (Fsp3) is 0.182. The molecule has 15 heavy (non-hydrogen) atoms. The van der Waals surface area contributed by atoms with Crippen LogP contribution in [0.1, 0.15) is 21.7 Å². The average molecular weight is 269 g/mol. The first-order valence-electron chi connectivity index (χ1n) is 4.43. The Bertz CT molecular complexity index is 554. The average Bonchev–Trinajstić information content (AvgIpc) is 2.43. The zero-order chi connectivity index (χ0) is 11.2. The number of furan rings is 1. The number of rotatable bonds is 1. The SMILES string of the molecule is Cc1oc2cc(C(=O)O)c(Br)cc2c1C. The molecule has 1 heterocycles. The Labute approximate surface area is 94.8 Å². The smallest absolute Gasteiger partial charge is 0.336 e. The number of carbonyl (C=O) groups is 1. The molecule has 0 spiro atoms. The van der Waals surface area contributed by atoms with Gasteiger partial charge < -0.3 is 9.52 Å². The molecule has 0 bridgehead atoms. The van der Waals surface area contributed by atoms with Gasteiger partial charge in [-0.05, 0) is 47.5 Å². The highest BCUT2D eigenvalue weighted by molar-refractivity contribution is 9.10. The van der Waals surface area contributed by atoms with Gasteiger partial charge in [-0.3, -0.25) is 0 Å². The lowest BCUT2D eigenvalue weighted by molar-refractivity contribution is 0.0696. The molecule has 0 fully saturated rings. The van der Waals surface area contributed by atoms with Crippen molar-refractivity contribution in [3.05, 3.63) is 33.5 Å². The van der Waals surface area contributed by atoms with Gasteiger partial charge in [0.05, 0.1) is 5.56 Å². The fourth-order valence-corrected chi connectivity index (χ4v) is 2.04. The van der Waals surface area contributed by atoms with Crippen LogP contribution in [0.5, 0.6) is 0 Å². The Morgan fingerprint density at radius 1 is 1.40 bits per heavy atom. The molecule has 78 valence electrons. The fourth-order valence-electron chi connectivity index (χ4n) is 1.53. The molecule has 0 aliphatic carbocycles. The van der Waals surface area contributed by atoms with E-state index in [1.807, 2.05) is 13.8 Å². The number of carboxylic acid groups (broad SMARTS) is 1. The monoisotopic (exact) mass is 268 g/mol. The van der Waals surface area contributed by atoms with Crippen molar-refractivity contribution in [3.63, 3.8) is 0 Å². The van der Waals surface area contributed by atoms with E-state index in [1.54, 1.807) is 12.1 Å². The highest BCUT2D eigenvalue weighted by Crippen LogP contribution is 2.30. The molecular weight excluding hydrogens is 260 g/mol. The lowest BCUT2D eigenvalue weighted by atomic mass is 10.1. The molecule has 1 aromatic carbocycles. The summed E-state index contributed by atoms with van der Waals surface area (Å²) < 4.78 is 6.04. The summed E-state index contributed by atoms with van der Waals surface area (Å²) in [7, 11) is 0. The maximum atomic E-state index is 10.9. The number of carboxylic acids is 1. The molecule has 4 heteroatoms. The molecular formula is C11H9BrO3. The molecule has 1 N–H and O–H groups in total. The van der Waals surface area contributed by atoms with Crippen molar-refractivity contribution < 1.29 is 14.3 Å². The zero-order valence-corrected chi connectivity index (χ0v) is 9.88. The van der Waals surface area contributed by atoms with Crippen molar-refractivity contribution in [2.45, 2.75) is 13.8 Å². The minimum Gasteiger partial charge on any atom is -0.478 e. The van der Waals surface area contributed by atoms with Gasteiger partial charge in [0, 0.05) is 9.86 Å². The van der Waals surface area contributed by atoms with Gasteiger partial charge in [0.2, 0.25) is 0 Å².